The molecule has 104 valence electrons. The first kappa shape index (κ1) is 14.4. The molecule has 0 atom stereocenters. The van der Waals surface area contributed by atoms with Crippen LogP contribution in [0.2, 0.25) is 5.02 Å². The van der Waals surface area contributed by atoms with E-state index in [1.165, 1.54) is 5.56 Å². The first-order chi connectivity index (χ1) is 9.54. The smallest absolute Gasteiger partial charge is 0.319 e. The van der Waals surface area contributed by atoms with Gasteiger partial charge in [0, 0.05) is 17.3 Å². The van der Waals surface area contributed by atoms with Crippen LogP contribution in [0.25, 0.3) is 0 Å². The van der Waals surface area contributed by atoms with E-state index in [0.717, 1.165) is 16.8 Å². The second-order valence-electron chi connectivity index (χ2n) is 4.76. The molecule has 2 rings (SSSR count). The highest BCUT2D eigenvalue weighted by atomic mass is 35.5. The molecule has 2 aromatic rings. The van der Waals surface area contributed by atoms with Crippen LogP contribution < -0.4 is 10.6 Å². The van der Waals surface area contributed by atoms with Crippen molar-refractivity contribution in [3.63, 3.8) is 0 Å². The number of carbonyl (C=O) groups is 1. The van der Waals surface area contributed by atoms with Crippen molar-refractivity contribution >= 4 is 23.3 Å². The lowest BCUT2D eigenvalue weighted by Gasteiger charge is -2.10. The van der Waals surface area contributed by atoms with Gasteiger partial charge in [-0.3, -0.25) is 0 Å². The van der Waals surface area contributed by atoms with Crippen LogP contribution in [-0.4, -0.2) is 6.03 Å². The molecular weight excluding hydrogens is 272 g/mol. The SMILES string of the molecule is Cc1ccc(NC(=O)NCc2cccc(Cl)c2)c(C)c1. The Hall–Kier alpha value is -2.00. The summed E-state index contributed by atoms with van der Waals surface area (Å²) in [5.74, 6) is 0. The van der Waals surface area contributed by atoms with Gasteiger partial charge < -0.3 is 10.6 Å². The van der Waals surface area contributed by atoms with Gasteiger partial charge in [0.05, 0.1) is 0 Å². The topological polar surface area (TPSA) is 41.1 Å². The number of nitrogens with one attached hydrogen (secondary N) is 2. The van der Waals surface area contributed by atoms with Gasteiger partial charge in [0.2, 0.25) is 0 Å². The van der Waals surface area contributed by atoms with Crippen LogP contribution in [0.15, 0.2) is 42.5 Å². The predicted molar refractivity (Wildman–Crippen MR) is 83.2 cm³/mol. The Morgan fingerprint density at radius 2 is 1.95 bits per heavy atom. The summed E-state index contributed by atoms with van der Waals surface area (Å²) in [4.78, 5) is 11.9. The number of carbonyl (C=O) groups excluding carboxylic acids is 1. The lowest BCUT2D eigenvalue weighted by Crippen LogP contribution is -2.28. The zero-order chi connectivity index (χ0) is 14.5. The van der Waals surface area contributed by atoms with Gasteiger partial charge in [0.25, 0.3) is 0 Å². The van der Waals surface area contributed by atoms with Crippen LogP contribution in [0.3, 0.4) is 0 Å². The minimum atomic E-state index is -0.225. The third-order valence-corrected chi connectivity index (χ3v) is 3.21. The minimum absolute atomic E-state index is 0.225. The average molecular weight is 289 g/mol. The maximum atomic E-state index is 11.9. The Balaban J connectivity index is 1.92. The van der Waals surface area contributed by atoms with Gasteiger partial charge in [-0.05, 0) is 43.2 Å². The molecule has 0 unspecified atom stereocenters. The summed E-state index contributed by atoms with van der Waals surface area (Å²) in [5, 5.41) is 6.31. The lowest BCUT2D eigenvalue weighted by atomic mass is 10.1. The average Bonchev–Trinajstić information content (AvgIpc) is 2.40. The molecule has 3 nitrogen and oxygen atoms in total. The lowest BCUT2D eigenvalue weighted by molar-refractivity contribution is 0.251. The number of anilines is 1. The van der Waals surface area contributed by atoms with Gasteiger partial charge in [-0.1, -0.05) is 41.4 Å². The minimum Gasteiger partial charge on any atom is -0.334 e. The van der Waals surface area contributed by atoms with Gasteiger partial charge in [-0.25, -0.2) is 4.79 Å². The Bertz CT molecular complexity index is 626. The number of aryl methyl sites for hydroxylation is 2. The molecule has 0 aliphatic rings. The van der Waals surface area contributed by atoms with Crippen molar-refractivity contribution in [3.05, 3.63) is 64.2 Å². The number of hydrogen-bond acceptors (Lipinski definition) is 1. The quantitative estimate of drug-likeness (QED) is 0.869. The molecule has 4 heteroatoms. The molecule has 2 amide bonds. The molecule has 0 saturated heterocycles. The largest absolute Gasteiger partial charge is 0.334 e. The number of amides is 2. The van der Waals surface area contributed by atoms with E-state index >= 15 is 0 Å². The molecule has 0 aliphatic heterocycles. The molecule has 0 heterocycles. The number of benzene rings is 2. The van der Waals surface area contributed by atoms with Crippen LogP contribution >= 0.6 is 11.6 Å². The molecule has 0 radical (unpaired) electrons. The Kier molecular flexibility index (Phi) is 4.64. The summed E-state index contributed by atoms with van der Waals surface area (Å²) < 4.78 is 0. The van der Waals surface area contributed by atoms with Gasteiger partial charge in [-0.2, -0.15) is 0 Å². The normalized spacial score (nSPS) is 10.2. The molecule has 0 aliphatic carbocycles. The maximum Gasteiger partial charge on any atom is 0.319 e. The van der Waals surface area contributed by atoms with E-state index in [4.69, 9.17) is 11.6 Å². The summed E-state index contributed by atoms with van der Waals surface area (Å²) in [5.41, 5.74) is 4.00. The molecule has 0 bridgehead atoms. The fraction of sp³-hybridized carbons (Fsp3) is 0.188. The van der Waals surface area contributed by atoms with Crippen LogP contribution in [0.5, 0.6) is 0 Å². The fourth-order valence-corrected chi connectivity index (χ4v) is 2.16. The Labute approximate surface area is 124 Å². The van der Waals surface area contributed by atoms with Crippen molar-refractivity contribution in [2.24, 2.45) is 0 Å². The van der Waals surface area contributed by atoms with E-state index in [-0.39, 0.29) is 6.03 Å². The van der Waals surface area contributed by atoms with Crippen molar-refractivity contribution in [1.29, 1.82) is 0 Å². The van der Waals surface area contributed by atoms with E-state index in [1.54, 1.807) is 6.07 Å². The number of halogens is 1. The first-order valence-corrected chi connectivity index (χ1v) is 6.79. The summed E-state index contributed by atoms with van der Waals surface area (Å²) in [6, 6.07) is 13.1. The molecule has 2 N–H and O–H groups in total. The standard InChI is InChI=1S/C16H17ClN2O/c1-11-6-7-15(12(2)8-11)19-16(20)18-10-13-4-3-5-14(17)9-13/h3-9H,10H2,1-2H3,(H2,18,19,20). The van der Waals surface area contributed by atoms with Crippen molar-refractivity contribution < 1.29 is 4.79 Å². The molecule has 20 heavy (non-hydrogen) atoms. The molecule has 0 spiro atoms. The van der Waals surface area contributed by atoms with E-state index in [0.29, 0.717) is 11.6 Å². The first-order valence-electron chi connectivity index (χ1n) is 6.41. The van der Waals surface area contributed by atoms with E-state index < -0.39 is 0 Å². The van der Waals surface area contributed by atoms with Gasteiger partial charge in [0.15, 0.2) is 0 Å². The highest BCUT2D eigenvalue weighted by Gasteiger charge is 2.04. The third-order valence-electron chi connectivity index (χ3n) is 2.97. The molecule has 0 aromatic heterocycles. The van der Waals surface area contributed by atoms with Crippen LogP contribution in [0, 0.1) is 13.8 Å². The van der Waals surface area contributed by atoms with Crippen molar-refractivity contribution in [3.8, 4) is 0 Å². The fourth-order valence-electron chi connectivity index (χ4n) is 1.95. The third kappa shape index (κ3) is 4.00. The summed E-state index contributed by atoms with van der Waals surface area (Å²) in [7, 11) is 0. The highest BCUT2D eigenvalue weighted by Crippen LogP contribution is 2.16. The monoisotopic (exact) mass is 288 g/mol. The number of hydrogen-bond donors (Lipinski definition) is 2. The van der Waals surface area contributed by atoms with Crippen molar-refractivity contribution in [2.75, 3.05) is 5.32 Å². The zero-order valence-electron chi connectivity index (χ0n) is 11.5. The van der Waals surface area contributed by atoms with Gasteiger partial charge in [-0.15, -0.1) is 0 Å². The van der Waals surface area contributed by atoms with Gasteiger partial charge in [0.1, 0.15) is 0 Å². The Morgan fingerprint density at radius 3 is 2.65 bits per heavy atom. The van der Waals surface area contributed by atoms with E-state index in [1.807, 2.05) is 50.2 Å². The van der Waals surface area contributed by atoms with Gasteiger partial charge >= 0.3 is 6.03 Å². The number of urea groups is 1. The highest BCUT2D eigenvalue weighted by molar-refractivity contribution is 6.30. The summed E-state index contributed by atoms with van der Waals surface area (Å²) in [6.07, 6.45) is 0. The Morgan fingerprint density at radius 1 is 1.15 bits per heavy atom. The maximum absolute atomic E-state index is 11.9. The van der Waals surface area contributed by atoms with Crippen LogP contribution in [0.4, 0.5) is 10.5 Å². The summed E-state index contributed by atoms with van der Waals surface area (Å²) >= 11 is 5.90. The molecule has 2 aromatic carbocycles. The molecule has 0 saturated carbocycles. The number of rotatable bonds is 3. The second-order valence-corrected chi connectivity index (χ2v) is 5.19. The van der Waals surface area contributed by atoms with Crippen molar-refractivity contribution in [2.45, 2.75) is 20.4 Å². The van der Waals surface area contributed by atoms with Crippen LogP contribution in [-0.2, 0) is 6.54 Å². The zero-order valence-corrected chi connectivity index (χ0v) is 12.3. The second kappa shape index (κ2) is 6.44. The predicted octanol–water partition coefficient (Wildman–Crippen LogP) is 4.28. The van der Waals surface area contributed by atoms with Crippen molar-refractivity contribution in [1.82, 2.24) is 5.32 Å². The van der Waals surface area contributed by atoms with Crippen LogP contribution in [0.1, 0.15) is 16.7 Å². The molecule has 0 fully saturated rings. The van der Waals surface area contributed by atoms with E-state index in [9.17, 15) is 4.79 Å². The summed E-state index contributed by atoms with van der Waals surface area (Å²) in [6.45, 7) is 4.44. The molecular formula is C16H17ClN2O. The van der Waals surface area contributed by atoms with E-state index in [2.05, 4.69) is 10.6 Å².